The van der Waals surface area contributed by atoms with E-state index in [0.717, 1.165) is 0 Å². The fourth-order valence-electron chi connectivity index (χ4n) is 1.64. The molecule has 0 bridgehead atoms. The molecule has 6 heteroatoms. The Morgan fingerprint density at radius 2 is 2.15 bits per heavy atom. The summed E-state index contributed by atoms with van der Waals surface area (Å²) in [5.74, 6) is 0.0851. The van der Waals surface area contributed by atoms with Crippen LogP contribution in [0.4, 0.5) is 4.79 Å². The van der Waals surface area contributed by atoms with Gasteiger partial charge >= 0.3 is 6.09 Å². The lowest BCUT2D eigenvalue weighted by atomic mass is 10.1. The first kappa shape index (κ1) is 16.6. The van der Waals surface area contributed by atoms with Crippen LogP contribution in [0, 0.1) is 0 Å². The van der Waals surface area contributed by atoms with Crippen molar-refractivity contribution in [2.24, 2.45) is 5.73 Å². The van der Waals surface area contributed by atoms with E-state index >= 15 is 0 Å². The molecule has 1 rings (SSSR count). The molecular weight excluding hydrogens is 280 g/mol. The predicted molar refractivity (Wildman–Crippen MR) is 79.0 cm³/mol. The highest BCUT2D eigenvalue weighted by Gasteiger charge is 2.19. The van der Waals surface area contributed by atoms with Crippen LogP contribution >= 0.6 is 11.6 Å². The SMILES string of the molecule is CC(C)(C)OC(=O)NC(CN)Cc1ccc(Cl)cc1O. The number of nitrogens with one attached hydrogen (secondary N) is 1. The molecule has 0 saturated carbocycles. The Labute approximate surface area is 124 Å². The number of benzene rings is 1. The number of hydrogen-bond acceptors (Lipinski definition) is 4. The zero-order valence-corrected chi connectivity index (χ0v) is 12.7. The van der Waals surface area contributed by atoms with E-state index in [0.29, 0.717) is 17.0 Å². The molecule has 112 valence electrons. The lowest BCUT2D eigenvalue weighted by molar-refractivity contribution is 0.0505. The van der Waals surface area contributed by atoms with Crippen molar-refractivity contribution < 1.29 is 14.6 Å². The first-order valence-corrected chi connectivity index (χ1v) is 6.76. The third-order valence-corrected chi connectivity index (χ3v) is 2.75. The molecule has 0 aliphatic heterocycles. The molecule has 1 unspecified atom stereocenters. The molecule has 0 heterocycles. The highest BCUT2D eigenvalue weighted by atomic mass is 35.5. The average Bonchev–Trinajstić information content (AvgIpc) is 2.29. The lowest BCUT2D eigenvalue weighted by Gasteiger charge is -2.23. The quantitative estimate of drug-likeness (QED) is 0.797. The fourth-order valence-corrected chi connectivity index (χ4v) is 1.81. The summed E-state index contributed by atoms with van der Waals surface area (Å²) in [5.41, 5.74) is 5.74. The Morgan fingerprint density at radius 1 is 1.50 bits per heavy atom. The van der Waals surface area contributed by atoms with Crippen molar-refractivity contribution in [3.05, 3.63) is 28.8 Å². The number of rotatable bonds is 4. The van der Waals surface area contributed by atoms with Gasteiger partial charge in [-0.25, -0.2) is 4.79 Å². The Balaban J connectivity index is 2.65. The summed E-state index contributed by atoms with van der Waals surface area (Å²) in [4.78, 5) is 11.7. The molecule has 0 aliphatic carbocycles. The summed E-state index contributed by atoms with van der Waals surface area (Å²) >= 11 is 5.77. The van der Waals surface area contributed by atoms with E-state index in [1.54, 1.807) is 32.9 Å². The predicted octanol–water partition coefficient (Wildman–Crippen LogP) is 2.44. The highest BCUT2D eigenvalue weighted by molar-refractivity contribution is 6.30. The van der Waals surface area contributed by atoms with Gasteiger partial charge in [-0.1, -0.05) is 17.7 Å². The maximum atomic E-state index is 11.7. The molecule has 1 aromatic rings. The second kappa shape index (κ2) is 6.81. The zero-order chi connectivity index (χ0) is 15.3. The van der Waals surface area contributed by atoms with Gasteiger partial charge in [-0.15, -0.1) is 0 Å². The largest absolute Gasteiger partial charge is 0.508 e. The summed E-state index contributed by atoms with van der Waals surface area (Å²) in [6, 6.07) is 4.52. The van der Waals surface area contributed by atoms with Crippen molar-refractivity contribution in [1.82, 2.24) is 5.32 Å². The van der Waals surface area contributed by atoms with E-state index < -0.39 is 11.7 Å². The van der Waals surface area contributed by atoms with Crippen LogP contribution in [-0.4, -0.2) is 29.4 Å². The van der Waals surface area contributed by atoms with Gasteiger partial charge in [0.2, 0.25) is 0 Å². The van der Waals surface area contributed by atoms with Crippen LogP contribution in [0.15, 0.2) is 18.2 Å². The number of carbonyl (C=O) groups is 1. The molecule has 0 fully saturated rings. The van der Waals surface area contributed by atoms with Gasteiger partial charge in [0.1, 0.15) is 11.4 Å². The number of ether oxygens (including phenoxy) is 1. The molecule has 5 nitrogen and oxygen atoms in total. The highest BCUT2D eigenvalue weighted by Crippen LogP contribution is 2.23. The monoisotopic (exact) mass is 300 g/mol. The second-order valence-corrected chi connectivity index (χ2v) is 5.99. The van der Waals surface area contributed by atoms with Gasteiger partial charge in [0.05, 0.1) is 0 Å². The Morgan fingerprint density at radius 3 is 2.65 bits per heavy atom. The molecular formula is C14H21ClN2O3. The minimum absolute atomic E-state index is 0.0851. The number of nitrogens with two attached hydrogens (primary N) is 1. The second-order valence-electron chi connectivity index (χ2n) is 5.56. The first-order valence-electron chi connectivity index (χ1n) is 6.38. The van der Waals surface area contributed by atoms with Gasteiger partial charge in [0.15, 0.2) is 0 Å². The van der Waals surface area contributed by atoms with E-state index in [1.807, 2.05) is 0 Å². The smallest absolute Gasteiger partial charge is 0.407 e. The van der Waals surface area contributed by atoms with Crippen molar-refractivity contribution in [2.45, 2.75) is 38.8 Å². The summed E-state index contributed by atoms with van der Waals surface area (Å²) in [6.07, 6.45) is -0.125. The number of phenols is 1. The Bertz CT molecular complexity index is 472. The third-order valence-electron chi connectivity index (χ3n) is 2.52. The lowest BCUT2D eigenvalue weighted by Crippen LogP contribution is -2.44. The van der Waals surface area contributed by atoms with Crippen LogP contribution in [0.3, 0.4) is 0 Å². The van der Waals surface area contributed by atoms with E-state index in [1.165, 1.54) is 6.07 Å². The Kier molecular flexibility index (Phi) is 5.65. The topological polar surface area (TPSA) is 84.6 Å². The maximum absolute atomic E-state index is 11.7. The summed E-state index contributed by atoms with van der Waals surface area (Å²) < 4.78 is 5.17. The number of phenolic OH excluding ortho intramolecular Hbond substituents is 1. The van der Waals surface area contributed by atoms with Crippen LogP contribution in [0.1, 0.15) is 26.3 Å². The van der Waals surface area contributed by atoms with E-state index in [-0.39, 0.29) is 18.3 Å². The number of alkyl carbamates (subject to hydrolysis) is 1. The van der Waals surface area contributed by atoms with E-state index in [9.17, 15) is 9.90 Å². The Hall–Kier alpha value is -1.46. The van der Waals surface area contributed by atoms with Crippen LogP contribution in [0.5, 0.6) is 5.75 Å². The molecule has 1 amide bonds. The summed E-state index contributed by atoms with van der Waals surface area (Å²) in [5, 5.41) is 12.9. The van der Waals surface area contributed by atoms with Gasteiger partial charge in [-0.05, 0) is 44.9 Å². The van der Waals surface area contributed by atoms with Crippen LogP contribution in [0.2, 0.25) is 5.02 Å². The molecule has 1 atom stereocenters. The number of hydrogen-bond donors (Lipinski definition) is 3. The van der Waals surface area contributed by atoms with Gasteiger partial charge in [-0.2, -0.15) is 0 Å². The summed E-state index contributed by atoms with van der Waals surface area (Å²) in [7, 11) is 0. The van der Waals surface area contributed by atoms with Crippen LogP contribution < -0.4 is 11.1 Å². The summed E-state index contributed by atoms with van der Waals surface area (Å²) in [6.45, 7) is 5.60. The fraction of sp³-hybridized carbons (Fsp3) is 0.500. The van der Waals surface area contributed by atoms with Gasteiger partial charge in [-0.3, -0.25) is 0 Å². The van der Waals surface area contributed by atoms with Gasteiger partial charge < -0.3 is 20.9 Å². The number of halogens is 1. The molecule has 0 spiro atoms. The van der Waals surface area contributed by atoms with Crippen molar-refractivity contribution in [3.63, 3.8) is 0 Å². The third kappa shape index (κ3) is 5.67. The van der Waals surface area contributed by atoms with E-state index in [4.69, 9.17) is 22.1 Å². The molecule has 0 aliphatic rings. The van der Waals surface area contributed by atoms with Gasteiger partial charge in [0.25, 0.3) is 0 Å². The molecule has 0 radical (unpaired) electrons. The maximum Gasteiger partial charge on any atom is 0.407 e. The van der Waals surface area contributed by atoms with Crippen molar-refractivity contribution in [2.75, 3.05) is 6.54 Å². The molecule has 0 aromatic heterocycles. The number of aromatic hydroxyl groups is 1. The molecule has 0 saturated heterocycles. The molecule has 20 heavy (non-hydrogen) atoms. The number of carbonyl (C=O) groups excluding carboxylic acids is 1. The van der Waals surface area contributed by atoms with Crippen LogP contribution in [-0.2, 0) is 11.2 Å². The first-order chi connectivity index (χ1) is 9.21. The van der Waals surface area contributed by atoms with Crippen molar-refractivity contribution in [3.8, 4) is 5.75 Å². The molecule has 1 aromatic carbocycles. The van der Waals surface area contributed by atoms with E-state index in [2.05, 4.69) is 5.32 Å². The van der Waals surface area contributed by atoms with Crippen LogP contribution in [0.25, 0.3) is 0 Å². The van der Waals surface area contributed by atoms with Crippen molar-refractivity contribution in [1.29, 1.82) is 0 Å². The standard InChI is InChI=1S/C14H21ClN2O3/c1-14(2,3)20-13(19)17-11(8-16)6-9-4-5-10(15)7-12(9)18/h4-5,7,11,18H,6,8,16H2,1-3H3,(H,17,19). The average molecular weight is 301 g/mol. The zero-order valence-electron chi connectivity index (χ0n) is 11.9. The minimum Gasteiger partial charge on any atom is -0.508 e. The minimum atomic E-state index is -0.564. The number of amides is 1. The van der Waals surface area contributed by atoms with Gasteiger partial charge in [0, 0.05) is 17.6 Å². The molecule has 4 N–H and O–H groups in total. The normalized spacial score (nSPS) is 12.8. The van der Waals surface area contributed by atoms with Crippen molar-refractivity contribution >= 4 is 17.7 Å².